The number of nitrogens with one attached hydrogen (secondary N) is 1. The van der Waals surface area contributed by atoms with Gasteiger partial charge in [-0.05, 0) is 61.0 Å². The van der Waals surface area contributed by atoms with Crippen molar-refractivity contribution in [1.82, 2.24) is 5.43 Å². The van der Waals surface area contributed by atoms with Crippen LogP contribution < -0.4 is 9.73 Å². The number of nitro benzene ring substituents is 1. The van der Waals surface area contributed by atoms with Crippen LogP contribution in [0, 0.1) is 10.1 Å². The summed E-state index contributed by atoms with van der Waals surface area (Å²) < 4.78 is 28.2. The Morgan fingerprint density at radius 2 is 1.64 bits per heavy atom. The third-order valence-corrected chi connectivity index (χ3v) is 6.89. The number of nitrogens with zero attached hydrogens (tertiary/aromatic N) is 3. The summed E-state index contributed by atoms with van der Waals surface area (Å²) in [5.41, 5.74) is 3.58. The maximum atomic E-state index is 13.2. The number of rotatable bonds is 8. The van der Waals surface area contributed by atoms with Crippen LogP contribution in [0.3, 0.4) is 0 Å². The van der Waals surface area contributed by atoms with Crippen molar-refractivity contribution in [3.63, 3.8) is 0 Å². The Bertz CT molecular complexity index is 1280. The van der Waals surface area contributed by atoms with Gasteiger partial charge < -0.3 is 0 Å². The van der Waals surface area contributed by atoms with Gasteiger partial charge in [-0.15, -0.1) is 0 Å². The molecule has 9 nitrogen and oxygen atoms in total. The van der Waals surface area contributed by atoms with Crippen LogP contribution in [-0.2, 0) is 14.8 Å². The van der Waals surface area contributed by atoms with Gasteiger partial charge in [-0.25, -0.2) is 13.8 Å². The minimum atomic E-state index is -4.02. The fourth-order valence-electron chi connectivity index (χ4n) is 2.84. The molecule has 0 fully saturated rings. The molecule has 0 spiro atoms. The fourth-order valence-corrected chi connectivity index (χ4v) is 4.55. The molecular formula is C22H19BrN4O5S. The molecule has 0 aliphatic carbocycles. The Hall–Kier alpha value is -3.57. The number of halogens is 1. The third kappa shape index (κ3) is 6.02. The Morgan fingerprint density at radius 1 is 1.03 bits per heavy atom. The standard InChI is InChI=1S/C22H19BrN4O5S/c1-16(17-7-11-20(12-8-17)27(29)30)24-25-22(28)15-26(19-13-9-18(23)10-14-19)33(31,32)21-5-3-2-4-6-21/h2-14H,15H2,1H3,(H,25,28). The van der Waals surface area contributed by atoms with Crippen molar-refractivity contribution >= 4 is 48.9 Å². The summed E-state index contributed by atoms with van der Waals surface area (Å²) in [6.07, 6.45) is 0. The second kappa shape index (κ2) is 10.4. The largest absolute Gasteiger partial charge is 0.271 e. The maximum Gasteiger partial charge on any atom is 0.269 e. The predicted octanol–water partition coefficient (Wildman–Crippen LogP) is 4.09. The Morgan fingerprint density at radius 3 is 2.21 bits per heavy atom. The zero-order valence-corrected chi connectivity index (χ0v) is 19.8. The predicted molar refractivity (Wildman–Crippen MR) is 129 cm³/mol. The van der Waals surface area contributed by atoms with E-state index in [2.05, 4.69) is 26.5 Å². The Labute approximate surface area is 199 Å². The van der Waals surface area contributed by atoms with Crippen molar-refractivity contribution in [3.05, 3.63) is 99.0 Å². The number of hydrogen-bond acceptors (Lipinski definition) is 6. The Balaban J connectivity index is 1.82. The van der Waals surface area contributed by atoms with Gasteiger partial charge in [0.2, 0.25) is 0 Å². The van der Waals surface area contributed by atoms with Crippen molar-refractivity contribution < 1.29 is 18.1 Å². The number of anilines is 1. The molecule has 0 bridgehead atoms. The molecule has 3 rings (SSSR count). The van der Waals surface area contributed by atoms with Crippen LogP contribution in [-0.4, -0.2) is 31.5 Å². The molecule has 0 saturated carbocycles. The topological polar surface area (TPSA) is 122 Å². The first-order valence-electron chi connectivity index (χ1n) is 9.60. The summed E-state index contributed by atoms with van der Waals surface area (Å²) in [6.45, 7) is 1.12. The molecule has 170 valence electrons. The molecule has 0 aliphatic heterocycles. The highest BCUT2D eigenvalue weighted by molar-refractivity contribution is 9.10. The number of benzene rings is 3. The second-order valence-electron chi connectivity index (χ2n) is 6.84. The van der Waals surface area contributed by atoms with Gasteiger partial charge in [-0.3, -0.25) is 19.2 Å². The molecule has 0 saturated heterocycles. The van der Waals surface area contributed by atoms with Crippen LogP contribution >= 0.6 is 15.9 Å². The van der Waals surface area contributed by atoms with Crippen LogP contribution in [0.1, 0.15) is 12.5 Å². The van der Waals surface area contributed by atoms with Crippen molar-refractivity contribution in [2.75, 3.05) is 10.8 Å². The summed E-state index contributed by atoms with van der Waals surface area (Å²) >= 11 is 3.31. The quantitative estimate of drug-likeness (QED) is 0.267. The summed E-state index contributed by atoms with van der Waals surface area (Å²) in [7, 11) is -4.02. The molecule has 3 aromatic carbocycles. The number of carbonyl (C=O) groups excluding carboxylic acids is 1. The first-order valence-corrected chi connectivity index (χ1v) is 11.8. The van der Waals surface area contributed by atoms with Gasteiger partial charge >= 0.3 is 0 Å². The molecule has 0 heterocycles. The van der Waals surface area contributed by atoms with E-state index in [0.29, 0.717) is 17.0 Å². The molecule has 0 atom stereocenters. The van der Waals surface area contributed by atoms with Crippen LogP contribution in [0.15, 0.2) is 93.3 Å². The summed E-state index contributed by atoms with van der Waals surface area (Å²) in [6, 6.07) is 20.0. The van der Waals surface area contributed by atoms with Gasteiger partial charge in [0.05, 0.1) is 21.2 Å². The SMILES string of the molecule is CC(=NNC(=O)CN(c1ccc(Br)cc1)S(=O)(=O)c1ccccc1)c1ccc([N+](=O)[O-])cc1. The first kappa shape index (κ1) is 24.1. The summed E-state index contributed by atoms with van der Waals surface area (Å²) in [4.78, 5) is 22.9. The van der Waals surface area contributed by atoms with E-state index in [1.54, 1.807) is 49.4 Å². The van der Waals surface area contributed by atoms with E-state index in [9.17, 15) is 23.3 Å². The molecular weight excluding hydrogens is 512 g/mol. The monoisotopic (exact) mass is 530 g/mol. The molecule has 0 unspecified atom stereocenters. The van der Waals surface area contributed by atoms with Gasteiger partial charge in [0.1, 0.15) is 6.54 Å². The fraction of sp³-hybridized carbons (Fsp3) is 0.0909. The maximum absolute atomic E-state index is 13.2. The van der Waals surface area contributed by atoms with E-state index in [0.717, 1.165) is 8.78 Å². The van der Waals surface area contributed by atoms with Crippen molar-refractivity contribution in [1.29, 1.82) is 0 Å². The minimum absolute atomic E-state index is 0.0475. The highest BCUT2D eigenvalue weighted by Gasteiger charge is 2.27. The number of carbonyl (C=O) groups is 1. The molecule has 11 heteroatoms. The van der Waals surface area contributed by atoms with Gasteiger partial charge in [0.25, 0.3) is 21.6 Å². The van der Waals surface area contributed by atoms with Crippen molar-refractivity contribution in [3.8, 4) is 0 Å². The zero-order chi connectivity index (χ0) is 24.0. The zero-order valence-electron chi connectivity index (χ0n) is 17.4. The number of nitro groups is 1. The smallest absolute Gasteiger partial charge is 0.269 e. The lowest BCUT2D eigenvalue weighted by Gasteiger charge is -2.23. The number of hydrogen-bond donors (Lipinski definition) is 1. The van der Waals surface area contributed by atoms with Crippen molar-refractivity contribution in [2.24, 2.45) is 5.10 Å². The van der Waals surface area contributed by atoms with Gasteiger partial charge in [-0.2, -0.15) is 5.10 Å². The molecule has 0 aliphatic rings. The van der Waals surface area contributed by atoms with Crippen LogP contribution in [0.4, 0.5) is 11.4 Å². The lowest BCUT2D eigenvalue weighted by Crippen LogP contribution is -2.39. The normalized spacial score (nSPS) is 11.6. The third-order valence-electron chi connectivity index (χ3n) is 4.58. The first-order chi connectivity index (χ1) is 15.7. The van der Waals surface area contributed by atoms with Gasteiger partial charge in [0, 0.05) is 16.6 Å². The highest BCUT2D eigenvalue weighted by Crippen LogP contribution is 2.25. The summed E-state index contributed by atoms with van der Waals surface area (Å²) in [5, 5.41) is 14.8. The second-order valence-corrected chi connectivity index (χ2v) is 9.62. The molecule has 3 aromatic rings. The van der Waals surface area contributed by atoms with E-state index >= 15 is 0 Å². The van der Waals surface area contributed by atoms with Crippen molar-refractivity contribution in [2.45, 2.75) is 11.8 Å². The van der Waals surface area contributed by atoms with Crippen LogP contribution in [0.5, 0.6) is 0 Å². The minimum Gasteiger partial charge on any atom is -0.271 e. The van der Waals surface area contributed by atoms with Gasteiger partial charge in [0.15, 0.2) is 0 Å². The van der Waals surface area contributed by atoms with Crippen LogP contribution in [0.25, 0.3) is 0 Å². The lowest BCUT2D eigenvalue weighted by atomic mass is 10.1. The van der Waals surface area contributed by atoms with Gasteiger partial charge in [-0.1, -0.05) is 34.1 Å². The molecule has 1 N–H and O–H groups in total. The number of non-ortho nitro benzene ring substituents is 1. The number of sulfonamides is 1. The van der Waals surface area contributed by atoms with E-state index in [-0.39, 0.29) is 10.6 Å². The van der Waals surface area contributed by atoms with E-state index < -0.39 is 27.4 Å². The lowest BCUT2D eigenvalue weighted by molar-refractivity contribution is -0.384. The molecule has 0 aromatic heterocycles. The summed E-state index contributed by atoms with van der Waals surface area (Å²) in [5.74, 6) is -0.654. The number of amides is 1. The van der Waals surface area contributed by atoms with E-state index in [1.165, 1.54) is 36.4 Å². The average molecular weight is 531 g/mol. The average Bonchev–Trinajstić information content (AvgIpc) is 2.82. The van der Waals surface area contributed by atoms with E-state index in [4.69, 9.17) is 0 Å². The molecule has 0 radical (unpaired) electrons. The molecule has 33 heavy (non-hydrogen) atoms. The van der Waals surface area contributed by atoms with E-state index in [1.807, 2.05) is 0 Å². The van der Waals surface area contributed by atoms with Crippen LogP contribution in [0.2, 0.25) is 0 Å². The Kier molecular flexibility index (Phi) is 7.56. The number of hydrazone groups is 1. The molecule has 1 amide bonds. The highest BCUT2D eigenvalue weighted by atomic mass is 79.9.